The van der Waals surface area contributed by atoms with Crippen LogP contribution in [-0.4, -0.2) is 53.8 Å². The Morgan fingerprint density at radius 1 is 1.33 bits per heavy atom. The second-order valence-corrected chi connectivity index (χ2v) is 5.88. The molecule has 2 saturated heterocycles. The Balaban J connectivity index is 1.44. The summed E-state index contributed by atoms with van der Waals surface area (Å²) in [6, 6.07) is 0. The number of nitrogens with two attached hydrogens (primary N) is 1. The molecule has 21 heavy (non-hydrogen) atoms. The monoisotopic (exact) mass is 294 g/mol. The van der Waals surface area contributed by atoms with Crippen LogP contribution in [0.2, 0.25) is 0 Å². The summed E-state index contributed by atoms with van der Waals surface area (Å²) in [5.41, 5.74) is 5.34. The molecule has 0 spiro atoms. The molecular formula is C14H22N4O3. The summed E-state index contributed by atoms with van der Waals surface area (Å²) in [6.45, 7) is 4.17. The molecule has 1 aromatic rings. The molecule has 2 aliphatic rings. The molecule has 116 valence electrons. The maximum absolute atomic E-state index is 11.1. The fourth-order valence-corrected chi connectivity index (χ4v) is 2.97. The van der Waals surface area contributed by atoms with Crippen LogP contribution >= 0.6 is 0 Å². The van der Waals surface area contributed by atoms with Crippen LogP contribution in [0.5, 0.6) is 0 Å². The number of likely N-dealkylation sites (tertiary alicyclic amines) is 1. The zero-order valence-corrected chi connectivity index (χ0v) is 12.2. The van der Waals surface area contributed by atoms with Gasteiger partial charge >= 0.3 is 0 Å². The van der Waals surface area contributed by atoms with Gasteiger partial charge in [0.05, 0.1) is 6.61 Å². The number of hydrogen-bond acceptors (Lipinski definition) is 6. The molecule has 1 aromatic heterocycles. The number of hydrogen-bond donors (Lipinski definition) is 1. The highest BCUT2D eigenvalue weighted by Gasteiger charge is 2.25. The number of nitrogens with zero attached hydrogens (tertiary/aromatic N) is 3. The van der Waals surface area contributed by atoms with E-state index in [1.807, 2.05) is 0 Å². The van der Waals surface area contributed by atoms with Crippen molar-refractivity contribution in [2.24, 2.45) is 11.7 Å². The Hall–Kier alpha value is -1.47. The second kappa shape index (κ2) is 6.53. The number of aromatic nitrogens is 2. The quantitative estimate of drug-likeness (QED) is 0.840. The first-order valence-electron chi connectivity index (χ1n) is 7.64. The standard InChI is InChI=1S/C14H22N4O3/c15-13(19)10-1-5-18(6-2-10)7-3-12-16-14(17-21-12)11-4-8-20-9-11/h10-11H,1-9H2,(H2,15,19)/t11-/m0/s1. The van der Waals surface area contributed by atoms with E-state index in [9.17, 15) is 4.79 Å². The van der Waals surface area contributed by atoms with Crippen LogP contribution in [0.4, 0.5) is 0 Å². The van der Waals surface area contributed by atoms with Gasteiger partial charge in [-0.05, 0) is 32.4 Å². The number of carbonyl (C=O) groups excluding carboxylic acids is 1. The van der Waals surface area contributed by atoms with Crippen LogP contribution in [-0.2, 0) is 16.0 Å². The maximum atomic E-state index is 11.1. The molecule has 7 nitrogen and oxygen atoms in total. The molecule has 0 radical (unpaired) electrons. The van der Waals surface area contributed by atoms with Crippen LogP contribution < -0.4 is 5.73 Å². The molecule has 0 unspecified atom stereocenters. The van der Waals surface area contributed by atoms with Crippen LogP contribution in [0.25, 0.3) is 0 Å². The van der Waals surface area contributed by atoms with Gasteiger partial charge in [0.15, 0.2) is 5.82 Å². The smallest absolute Gasteiger partial charge is 0.227 e. The average molecular weight is 294 g/mol. The average Bonchev–Trinajstić information content (AvgIpc) is 3.16. The predicted molar refractivity (Wildman–Crippen MR) is 74.5 cm³/mol. The van der Waals surface area contributed by atoms with E-state index in [2.05, 4.69) is 15.0 Å². The van der Waals surface area contributed by atoms with E-state index in [0.717, 1.165) is 57.7 Å². The van der Waals surface area contributed by atoms with Crippen molar-refractivity contribution >= 4 is 5.91 Å². The van der Waals surface area contributed by atoms with Crippen molar-refractivity contribution in [1.29, 1.82) is 0 Å². The summed E-state index contributed by atoms with van der Waals surface area (Å²) in [5.74, 6) is 1.62. The Morgan fingerprint density at radius 3 is 2.81 bits per heavy atom. The normalized spacial score (nSPS) is 24.5. The van der Waals surface area contributed by atoms with E-state index < -0.39 is 0 Å². The number of amides is 1. The molecule has 1 atom stereocenters. The largest absolute Gasteiger partial charge is 0.381 e. The highest BCUT2D eigenvalue weighted by Crippen LogP contribution is 2.22. The molecule has 2 aliphatic heterocycles. The molecule has 0 saturated carbocycles. The van der Waals surface area contributed by atoms with Crippen molar-refractivity contribution in [2.45, 2.75) is 31.6 Å². The van der Waals surface area contributed by atoms with Gasteiger partial charge in [-0.3, -0.25) is 4.79 Å². The minimum atomic E-state index is -0.171. The Morgan fingerprint density at radius 2 is 2.14 bits per heavy atom. The van der Waals surface area contributed by atoms with Gasteiger partial charge in [-0.2, -0.15) is 4.98 Å². The summed E-state index contributed by atoms with van der Waals surface area (Å²) < 4.78 is 10.6. The number of rotatable bonds is 5. The van der Waals surface area contributed by atoms with Gasteiger partial charge in [-0.15, -0.1) is 0 Å². The number of primary amides is 1. The van der Waals surface area contributed by atoms with E-state index in [1.165, 1.54) is 0 Å². The van der Waals surface area contributed by atoms with Crippen LogP contribution in [0.3, 0.4) is 0 Å². The maximum Gasteiger partial charge on any atom is 0.227 e. The summed E-state index contributed by atoms with van der Waals surface area (Å²) in [5, 5.41) is 4.05. The lowest BCUT2D eigenvalue weighted by atomic mass is 9.96. The first-order valence-corrected chi connectivity index (χ1v) is 7.64. The van der Waals surface area contributed by atoms with Crippen molar-refractivity contribution in [3.05, 3.63) is 11.7 Å². The summed E-state index contributed by atoms with van der Waals surface area (Å²) in [4.78, 5) is 17.9. The van der Waals surface area contributed by atoms with Crippen LogP contribution in [0.1, 0.15) is 36.9 Å². The van der Waals surface area contributed by atoms with Gasteiger partial charge in [0.25, 0.3) is 0 Å². The molecular weight excluding hydrogens is 272 g/mol. The zero-order valence-electron chi connectivity index (χ0n) is 12.2. The SMILES string of the molecule is NC(=O)C1CCN(CCc2nc([C@H]3CCOC3)no2)CC1. The fourth-order valence-electron chi connectivity index (χ4n) is 2.97. The van der Waals surface area contributed by atoms with Crippen LogP contribution in [0.15, 0.2) is 4.52 Å². The molecule has 2 N–H and O–H groups in total. The number of carbonyl (C=O) groups is 1. The predicted octanol–water partition coefficient (Wildman–Crippen LogP) is 0.313. The molecule has 3 heterocycles. The third-order valence-corrected chi connectivity index (χ3v) is 4.41. The summed E-state index contributed by atoms with van der Waals surface area (Å²) >= 11 is 0. The number of ether oxygens (including phenoxy) is 1. The van der Waals surface area contributed by atoms with Gasteiger partial charge < -0.3 is 19.9 Å². The molecule has 0 bridgehead atoms. The Kier molecular flexibility index (Phi) is 4.50. The van der Waals surface area contributed by atoms with E-state index in [-0.39, 0.29) is 17.7 Å². The van der Waals surface area contributed by atoms with E-state index >= 15 is 0 Å². The molecule has 7 heteroatoms. The molecule has 3 rings (SSSR count). The lowest BCUT2D eigenvalue weighted by Gasteiger charge is -2.29. The first-order chi connectivity index (χ1) is 10.2. The molecule has 0 aliphatic carbocycles. The minimum Gasteiger partial charge on any atom is -0.381 e. The molecule has 1 amide bonds. The van der Waals surface area contributed by atoms with Crippen molar-refractivity contribution < 1.29 is 14.1 Å². The summed E-state index contributed by atoms with van der Waals surface area (Å²) in [7, 11) is 0. The lowest BCUT2D eigenvalue weighted by Crippen LogP contribution is -2.39. The third-order valence-electron chi connectivity index (χ3n) is 4.41. The van der Waals surface area contributed by atoms with Gasteiger partial charge in [-0.25, -0.2) is 0 Å². The minimum absolute atomic E-state index is 0.0404. The van der Waals surface area contributed by atoms with Crippen LogP contribution in [0, 0.1) is 5.92 Å². The van der Waals surface area contributed by atoms with Crippen molar-refractivity contribution in [3.63, 3.8) is 0 Å². The van der Waals surface area contributed by atoms with Crippen molar-refractivity contribution in [2.75, 3.05) is 32.8 Å². The topological polar surface area (TPSA) is 94.5 Å². The van der Waals surface area contributed by atoms with Gasteiger partial charge in [0.2, 0.25) is 11.8 Å². The summed E-state index contributed by atoms with van der Waals surface area (Å²) in [6.07, 6.45) is 3.43. The molecule has 2 fully saturated rings. The second-order valence-electron chi connectivity index (χ2n) is 5.88. The Bertz CT molecular complexity index is 476. The highest BCUT2D eigenvalue weighted by atomic mass is 16.5. The van der Waals surface area contributed by atoms with Crippen molar-refractivity contribution in [3.8, 4) is 0 Å². The van der Waals surface area contributed by atoms with Gasteiger partial charge in [0.1, 0.15) is 0 Å². The fraction of sp³-hybridized carbons (Fsp3) is 0.786. The van der Waals surface area contributed by atoms with E-state index in [0.29, 0.717) is 12.5 Å². The number of piperidine rings is 1. The van der Waals surface area contributed by atoms with E-state index in [1.54, 1.807) is 0 Å². The third kappa shape index (κ3) is 3.59. The van der Waals surface area contributed by atoms with Gasteiger partial charge in [-0.1, -0.05) is 5.16 Å². The lowest BCUT2D eigenvalue weighted by molar-refractivity contribution is -0.123. The highest BCUT2D eigenvalue weighted by molar-refractivity contribution is 5.76. The first kappa shape index (κ1) is 14.5. The van der Waals surface area contributed by atoms with E-state index in [4.69, 9.17) is 15.0 Å². The molecule has 0 aromatic carbocycles. The zero-order chi connectivity index (χ0) is 14.7. The van der Waals surface area contributed by atoms with Gasteiger partial charge in [0, 0.05) is 31.4 Å². The Labute approximate surface area is 123 Å². The van der Waals surface area contributed by atoms with Crippen molar-refractivity contribution in [1.82, 2.24) is 15.0 Å².